The van der Waals surface area contributed by atoms with Crippen LogP contribution < -0.4 is 15.2 Å². The third-order valence-electron chi connectivity index (χ3n) is 4.86. The molecule has 5 nitrogen and oxygen atoms in total. The van der Waals surface area contributed by atoms with Gasteiger partial charge in [-0.1, -0.05) is 6.92 Å². The Morgan fingerprint density at radius 1 is 1.46 bits per heavy atom. The number of nitrogens with one attached hydrogen (secondary N) is 1. The highest BCUT2D eigenvalue weighted by atomic mass is 79.9. The molecule has 1 unspecified atom stereocenters. The van der Waals surface area contributed by atoms with Crippen LogP contribution in [0.25, 0.3) is 0 Å². The minimum atomic E-state index is -0.176. The maximum absolute atomic E-state index is 12.6. The summed E-state index contributed by atoms with van der Waals surface area (Å²) in [5.41, 5.74) is 2.86. The predicted molar refractivity (Wildman–Crippen MR) is 109 cm³/mol. The second-order valence-electron chi connectivity index (χ2n) is 6.43. The number of aryl methyl sites for hydroxylation is 1. The van der Waals surface area contributed by atoms with Crippen molar-refractivity contribution in [1.82, 2.24) is 9.97 Å². The van der Waals surface area contributed by atoms with Crippen molar-refractivity contribution in [3.05, 3.63) is 44.4 Å². The molecule has 1 atom stereocenters. The maximum Gasteiger partial charge on any atom is 0.291 e. The molecule has 1 N–H and O–H groups in total. The summed E-state index contributed by atoms with van der Waals surface area (Å²) in [5.74, 6) is 2.07. The minimum Gasteiger partial charge on any atom is -0.497 e. The number of ether oxygens (including phenoxy) is 1. The van der Waals surface area contributed by atoms with E-state index in [9.17, 15) is 4.79 Å². The molecule has 0 aliphatic carbocycles. The molecule has 1 aliphatic rings. The zero-order chi connectivity index (χ0) is 18.7. The van der Waals surface area contributed by atoms with Crippen molar-refractivity contribution in [3.63, 3.8) is 0 Å². The molecule has 1 aromatic carbocycles. The number of aromatic nitrogens is 2. The molecular weight excluding hydrogens is 418 g/mol. The monoisotopic (exact) mass is 439 g/mol. The van der Waals surface area contributed by atoms with E-state index in [0.29, 0.717) is 11.7 Å². The molecule has 0 amide bonds. The van der Waals surface area contributed by atoms with Crippen molar-refractivity contribution in [1.29, 1.82) is 0 Å². The van der Waals surface area contributed by atoms with E-state index in [1.54, 1.807) is 13.3 Å². The Morgan fingerprint density at radius 2 is 2.27 bits per heavy atom. The first-order valence-electron chi connectivity index (χ1n) is 8.88. The van der Waals surface area contributed by atoms with Gasteiger partial charge >= 0.3 is 0 Å². The summed E-state index contributed by atoms with van der Waals surface area (Å²) in [7, 11) is 1.66. The topological polar surface area (TPSA) is 58.2 Å². The number of fused-ring (bicyclic) bond motifs is 1. The van der Waals surface area contributed by atoms with E-state index in [1.165, 1.54) is 0 Å². The number of anilines is 2. The lowest BCUT2D eigenvalue weighted by atomic mass is 9.99. The van der Waals surface area contributed by atoms with Crippen LogP contribution in [0, 0.1) is 0 Å². The van der Waals surface area contributed by atoms with Gasteiger partial charge in [-0.05, 0) is 59.3 Å². The highest BCUT2D eigenvalue weighted by Crippen LogP contribution is 2.40. The van der Waals surface area contributed by atoms with Gasteiger partial charge in [0.1, 0.15) is 5.75 Å². The van der Waals surface area contributed by atoms with Crippen molar-refractivity contribution in [3.8, 4) is 5.75 Å². The maximum atomic E-state index is 12.6. The van der Waals surface area contributed by atoms with Crippen LogP contribution in [0.15, 0.2) is 27.6 Å². The number of benzene rings is 1. The van der Waals surface area contributed by atoms with Crippen LogP contribution >= 0.6 is 27.5 Å². The summed E-state index contributed by atoms with van der Waals surface area (Å²) in [4.78, 5) is 22.2. The molecule has 0 spiro atoms. The lowest BCUT2D eigenvalue weighted by Crippen LogP contribution is -2.31. The van der Waals surface area contributed by atoms with E-state index in [0.717, 1.165) is 59.4 Å². The zero-order valence-electron chi connectivity index (χ0n) is 15.0. The van der Waals surface area contributed by atoms with Gasteiger partial charge in [0.2, 0.25) is 0 Å². The van der Waals surface area contributed by atoms with Gasteiger partial charge < -0.3 is 14.6 Å². The van der Waals surface area contributed by atoms with Gasteiger partial charge in [0.05, 0.1) is 18.5 Å². The summed E-state index contributed by atoms with van der Waals surface area (Å²) in [5, 5.41) is 0. The lowest BCUT2D eigenvalue weighted by Gasteiger charge is -2.31. The van der Waals surface area contributed by atoms with E-state index in [4.69, 9.17) is 21.3 Å². The van der Waals surface area contributed by atoms with E-state index in [-0.39, 0.29) is 11.5 Å². The van der Waals surface area contributed by atoms with Crippen LogP contribution in [-0.2, 0) is 6.42 Å². The van der Waals surface area contributed by atoms with Crippen LogP contribution in [0.2, 0.25) is 0 Å². The standard InChI is InChI=1S/C19H23BrClN3O2/c1-3-12(6-7-21)16-11-22-19(25)18(23-16)24-8-4-5-13-9-14(26-2)10-15(20)17(13)24/h9-12H,3-8H2,1-2H3,(H,22,25). The molecule has 140 valence electrons. The number of hydrogen-bond donors (Lipinski definition) is 1. The average Bonchev–Trinajstić information content (AvgIpc) is 2.66. The molecule has 1 aliphatic heterocycles. The number of H-pyrrole nitrogens is 1. The molecule has 2 heterocycles. The first-order valence-corrected chi connectivity index (χ1v) is 10.2. The molecule has 0 fully saturated rings. The fraction of sp³-hybridized carbons (Fsp3) is 0.474. The van der Waals surface area contributed by atoms with Crippen LogP contribution in [0.4, 0.5) is 11.5 Å². The number of hydrogen-bond acceptors (Lipinski definition) is 4. The van der Waals surface area contributed by atoms with Gasteiger partial charge in [-0.2, -0.15) is 0 Å². The van der Waals surface area contributed by atoms with E-state index >= 15 is 0 Å². The number of aromatic amines is 1. The highest BCUT2D eigenvalue weighted by Gasteiger charge is 2.26. The Morgan fingerprint density at radius 3 is 2.96 bits per heavy atom. The number of methoxy groups -OCH3 is 1. The Labute approximate surface area is 166 Å². The second kappa shape index (κ2) is 8.44. The third kappa shape index (κ3) is 3.76. The van der Waals surface area contributed by atoms with E-state index in [2.05, 4.69) is 27.8 Å². The Kier molecular flexibility index (Phi) is 6.24. The third-order valence-corrected chi connectivity index (χ3v) is 5.69. The van der Waals surface area contributed by atoms with Crippen molar-refractivity contribution in [2.45, 2.75) is 38.5 Å². The molecule has 2 aromatic rings. The van der Waals surface area contributed by atoms with Crippen LogP contribution in [0.1, 0.15) is 43.4 Å². The minimum absolute atomic E-state index is 0.176. The summed E-state index contributed by atoms with van der Waals surface area (Å²) >= 11 is 9.58. The highest BCUT2D eigenvalue weighted by molar-refractivity contribution is 9.10. The van der Waals surface area contributed by atoms with Crippen molar-refractivity contribution < 1.29 is 4.74 Å². The summed E-state index contributed by atoms with van der Waals surface area (Å²) < 4.78 is 6.28. The lowest BCUT2D eigenvalue weighted by molar-refractivity contribution is 0.413. The number of rotatable bonds is 6. The Bertz CT molecular complexity index is 840. The largest absolute Gasteiger partial charge is 0.497 e. The fourth-order valence-electron chi connectivity index (χ4n) is 3.48. The smallest absolute Gasteiger partial charge is 0.291 e. The van der Waals surface area contributed by atoms with Gasteiger partial charge in [-0.25, -0.2) is 4.98 Å². The van der Waals surface area contributed by atoms with Crippen LogP contribution in [0.5, 0.6) is 5.75 Å². The second-order valence-corrected chi connectivity index (χ2v) is 7.67. The molecule has 0 saturated heterocycles. The van der Waals surface area contributed by atoms with Gasteiger partial charge in [0, 0.05) is 29.0 Å². The number of halogens is 2. The molecule has 0 bridgehead atoms. The normalized spacial score (nSPS) is 14.8. The summed E-state index contributed by atoms with van der Waals surface area (Å²) in [6.45, 7) is 2.87. The molecule has 0 saturated carbocycles. The average molecular weight is 441 g/mol. The van der Waals surface area contributed by atoms with Gasteiger partial charge in [-0.15, -0.1) is 11.6 Å². The number of nitrogens with zero attached hydrogens (tertiary/aromatic N) is 2. The van der Waals surface area contributed by atoms with Crippen molar-refractivity contribution >= 4 is 39.0 Å². The van der Waals surface area contributed by atoms with E-state index in [1.807, 2.05) is 17.0 Å². The van der Waals surface area contributed by atoms with Gasteiger partial charge in [-0.3, -0.25) is 4.79 Å². The molecule has 26 heavy (non-hydrogen) atoms. The van der Waals surface area contributed by atoms with Gasteiger partial charge in [0.15, 0.2) is 5.82 Å². The Balaban J connectivity index is 2.07. The van der Waals surface area contributed by atoms with Crippen molar-refractivity contribution in [2.24, 2.45) is 0 Å². The van der Waals surface area contributed by atoms with Crippen LogP contribution in [-0.4, -0.2) is 29.5 Å². The Hall–Kier alpha value is -1.53. The van der Waals surface area contributed by atoms with Crippen molar-refractivity contribution in [2.75, 3.05) is 24.4 Å². The quantitative estimate of drug-likeness (QED) is 0.659. The van der Waals surface area contributed by atoms with Gasteiger partial charge in [0.25, 0.3) is 5.56 Å². The first-order chi connectivity index (χ1) is 12.6. The van der Waals surface area contributed by atoms with Crippen LogP contribution in [0.3, 0.4) is 0 Å². The first kappa shape index (κ1) is 19.2. The fourth-order valence-corrected chi connectivity index (χ4v) is 4.44. The summed E-state index contributed by atoms with van der Waals surface area (Å²) in [6.07, 6.45) is 5.40. The SMILES string of the molecule is CCC(CCCl)c1c[nH]c(=O)c(N2CCCc3cc(OC)cc(Br)c32)n1. The molecular formula is C19H23BrClN3O2. The predicted octanol–water partition coefficient (Wildman–Crippen LogP) is 4.75. The number of alkyl halides is 1. The molecule has 7 heteroatoms. The van der Waals surface area contributed by atoms with E-state index < -0.39 is 0 Å². The molecule has 0 radical (unpaired) electrons. The zero-order valence-corrected chi connectivity index (χ0v) is 17.4. The molecule has 3 rings (SSSR count). The molecule has 1 aromatic heterocycles. The summed E-state index contributed by atoms with van der Waals surface area (Å²) in [6, 6.07) is 3.96.